The van der Waals surface area contributed by atoms with Gasteiger partial charge < -0.3 is 14.2 Å². The van der Waals surface area contributed by atoms with Crippen molar-refractivity contribution >= 4 is 0 Å². The van der Waals surface area contributed by atoms with Crippen LogP contribution >= 0.6 is 0 Å². The lowest BCUT2D eigenvalue weighted by Gasteiger charge is -2.37. The van der Waals surface area contributed by atoms with Crippen LogP contribution in [0.3, 0.4) is 0 Å². The molecule has 2 aromatic rings. The summed E-state index contributed by atoms with van der Waals surface area (Å²) in [6.07, 6.45) is -1.78. The average Bonchev–Trinajstić information content (AvgIpc) is 2.91. The Hall–Kier alpha value is -2.72. The fraction of sp³-hybridized carbons (Fsp3) is 0.600. The summed E-state index contributed by atoms with van der Waals surface area (Å²) in [5.41, 5.74) is -1.94. The van der Waals surface area contributed by atoms with Gasteiger partial charge in [-0.2, -0.15) is 26.3 Å². The molecule has 0 radical (unpaired) electrons. The fourth-order valence-electron chi connectivity index (χ4n) is 6.14. The topological polar surface area (TPSA) is 27.7 Å². The van der Waals surface area contributed by atoms with Crippen molar-refractivity contribution in [2.75, 3.05) is 13.2 Å². The van der Waals surface area contributed by atoms with Crippen LogP contribution in [0.5, 0.6) is 17.2 Å². The SMILES string of the molecule is CCOc1ccc(OC(F)(F)COc2ccc(C3CCC(C4CCC(C)CC4)CC3)c(F)c2F)c(C(F)(F)F)c1F. The summed E-state index contributed by atoms with van der Waals surface area (Å²) < 4.78 is 127. The van der Waals surface area contributed by atoms with Crippen molar-refractivity contribution in [3.05, 3.63) is 52.8 Å². The molecule has 0 amide bonds. The van der Waals surface area contributed by atoms with E-state index in [0.717, 1.165) is 30.9 Å². The Morgan fingerprint density at radius 1 is 0.683 bits per heavy atom. The number of hydrogen-bond donors (Lipinski definition) is 0. The summed E-state index contributed by atoms with van der Waals surface area (Å²) in [7, 11) is 0. The van der Waals surface area contributed by atoms with Crippen LogP contribution < -0.4 is 14.2 Å². The van der Waals surface area contributed by atoms with Gasteiger partial charge in [-0.1, -0.05) is 25.8 Å². The van der Waals surface area contributed by atoms with Gasteiger partial charge in [-0.25, -0.2) is 8.78 Å². The highest BCUT2D eigenvalue weighted by Gasteiger charge is 2.43. The number of ether oxygens (including phenoxy) is 3. The number of hydrogen-bond acceptors (Lipinski definition) is 3. The molecule has 0 spiro atoms. The molecular formula is C30H34F8O3. The average molecular weight is 595 g/mol. The molecule has 0 atom stereocenters. The second kappa shape index (κ2) is 12.7. The highest BCUT2D eigenvalue weighted by molar-refractivity contribution is 5.44. The summed E-state index contributed by atoms with van der Waals surface area (Å²) in [5.74, 6) is -5.95. The minimum atomic E-state index is -5.39. The van der Waals surface area contributed by atoms with Crippen LogP contribution in [0.2, 0.25) is 0 Å². The Labute approximate surface area is 234 Å². The monoisotopic (exact) mass is 594 g/mol. The van der Waals surface area contributed by atoms with E-state index in [9.17, 15) is 35.1 Å². The van der Waals surface area contributed by atoms with Crippen molar-refractivity contribution in [2.45, 2.75) is 83.4 Å². The summed E-state index contributed by atoms with van der Waals surface area (Å²) in [6, 6.07) is 3.53. The van der Waals surface area contributed by atoms with Gasteiger partial charge in [-0.05, 0) is 92.9 Å². The molecular weight excluding hydrogens is 560 g/mol. The Bertz CT molecular complexity index is 1180. The zero-order valence-electron chi connectivity index (χ0n) is 22.9. The summed E-state index contributed by atoms with van der Waals surface area (Å²) in [4.78, 5) is 0. The molecule has 11 heteroatoms. The second-order valence-electron chi connectivity index (χ2n) is 11.1. The maximum Gasteiger partial charge on any atom is 0.433 e. The van der Waals surface area contributed by atoms with Crippen LogP contribution in [0.1, 0.15) is 82.3 Å². The van der Waals surface area contributed by atoms with Crippen molar-refractivity contribution in [1.82, 2.24) is 0 Å². The molecule has 2 aromatic carbocycles. The molecule has 2 saturated carbocycles. The van der Waals surface area contributed by atoms with Crippen molar-refractivity contribution in [2.24, 2.45) is 17.8 Å². The minimum absolute atomic E-state index is 0.147. The third-order valence-electron chi connectivity index (χ3n) is 8.32. The van der Waals surface area contributed by atoms with Crippen LogP contribution in [-0.4, -0.2) is 19.3 Å². The maximum atomic E-state index is 15.0. The quantitative estimate of drug-likeness (QED) is 0.271. The van der Waals surface area contributed by atoms with E-state index < -0.39 is 59.2 Å². The number of halogens is 8. The molecule has 3 nitrogen and oxygen atoms in total. The molecule has 228 valence electrons. The lowest BCUT2D eigenvalue weighted by atomic mass is 9.68. The third-order valence-corrected chi connectivity index (χ3v) is 8.32. The van der Waals surface area contributed by atoms with Crippen LogP contribution in [0.4, 0.5) is 35.1 Å². The van der Waals surface area contributed by atoms with E-state index in [2.05, 4.69) is 11.7 Å². The molecule has 41 heavy (non-hydrogen) atoms. The van der Waals surface area contributed by atoms with Gasteiger partial charge in [0.05, 0.1) is 6.61 Å². The maximum absolute atomic E-state index is 15.0. The van der Waals surface area contributed by atoms with Crippen molar-refractivity contribution < 1.29 is 49.3 Å². The van der Waals surface area contributed by atoms with E-state index in [4.69, 9.17) is 9.47 Å². The van der Waals surface area contributed by atoms with Gasteiger partial charge in [0.25, 0.3) is 0 Å². The van der Waals surface area contributed by atoms with Gasteiger partial charge in [0.1, 0.15) is 11.3 Å². The molecule has 2 aliphatic carbocycles. The first-order chi connectivity index (χ1) is 19.3. The highest BCUT2D eigenvalue weighted by atomic mass is 19.4. The highest BCUT2D eigenvalue weighted by Crippen LogP contribution is 2.45. The molecule has 2 aliphatic rings. The molecule has 0 bridgehead atoms. The van der Waals surface area contributed by atoms with E-state index >= 15 is 0 Å². The van der Waals surface area contributed by atoms with E-state index in [0.29, 0.717) is 30.7 Å². The van der Waals surface area contributed by atoms with E-state index in [-0.39, 0.29) is 18.1 Å². The molecule has 0 saturated heterocycles. The van der Waals surface area contributed by atoms with Crippen LogP contribution in [0, 0.1) is 35.2 Å². The lowest BCUT2D eigenvalue weighted by Crippen LogP contribution is -2.33. The number of rotatable bonds is 9. The van der Waals surface area contributed by atoms with Crippen LogP contribution in [0.15, 0.2) is 24.3 Å². The zero-order valence-corrected chi connectivity index (χ0v) is 22.9. The smallest absolute Gasteiger partial charge is 0.433 e. The largest absolute Gasteiger partial charge is 0.491 e. The van der Waals surface area contributed by atoms with Gasteiger partial charge >= 0.3 is 12.3 Å². The molecule has 0 unspecified atom stereocenters. The van der Waals surface area contributed by atoms with E-state index in [1.807, 2.05) is 0 Å². The first-order valence-electron chi connectivity index (χ1n) is 14.0. The first kappa shape index (κ1) is 31.2. The Morgan fingerprint density at radius 3 is 1.80 bits per heavy atom. The molecule has 2 fully saturated rings. The Morgan fingerprint density at radius 2 is 1.22 bits per heavy atom. The van der Waals surface area contributed by atoms with Crippen molar-refractivity contribution in [1.29, 1.82) is 0 Å². The fourth-order valence-corrected chi connectivity index (χ4v) is 6.14. The Balaban J connectivity index is 1.40. The zero-order chi connectivity index (χ0) is 29.9. The summed E-state index contributed by atoms with van der Waals surface area (Å²) in [6.45, 7) is 1.75. The van der Waals surface area contributed by atoms with Gasteiger partial charge in [0.2, 0.25) is 5.82 Å². The van der Waals surface area contributed by atoms with Crippen molar-refractivity contribution in [3.8, 4) is 17.2 Å². The normalized spacial score (nSPS) is 23.8. The molecule has 4 rings (SSSR count). The van der Waals surface area contributed by atoms with Gasteiger partial charge in [-0.15, -0.1) is 0 Å². The predicted molar refractivity (Wildman–Crippen MR) is 136 cm³/mol. The molecule has 0 aliphatic heterocycles. The second-order valence-corrected chi connectivity index (χ2v) is 11.1. The minimum Gasteiger partial charge on any atom is -0.491 e. The van der Waals surface area contributed by atoms with Crippen LogP contribution in [-0.2, 0) is 6.18 Å². The van der Waals surface area contributed by atoms with Gasteiger partial charge in [0, 0.05) is 0 Å². The Kier molecular flexibility index (Phi) is 9.63. The van der Waals surface area contributed by atoms with Crippen molar-refractivity contribution in [3.63, 3.8) is 0 Å². The van der Waals surface area contributed by atoms with Gasteiger partial charge in [0.15, 0.2) is 29.7 Å². The first-order valence-corrected chi connectivity index (χ1v) is 14.0. The summed E-state index contributed by atoms with van der Waals surface area (Å²) in [5, 5.41) is 0. The number of alkyl halides is 5. The van der Waals surface area contributed by atoms with E-state index in [1.165, 1.54) is 38.7 Å². The molecule has 0 aromatic heterocycles. The standard InChI is InChI=1S/C30H34F8O3/c1-3-39-23-15-14-22(25(27(23)32)30(36,37)38)41-29(34,35)16-40-24-13-12-21(26(31)28(24)33)20-10-8-19(9-11-20)18-6-4-17(2)5-7-18/h12-15,17-20H,3-11,16H2,1-2H3. The van der Waals surface area contributed by atoms with Gasteiger partial charge in [-0.3, -0.25) is 0 Å². The lowest BCUT2D eigenvalue weighted by molar-refractivity contribution is -0.200. The van der Waals surface area contributed by atoms with Crippen LogP contribution in [0.25, 0.3) is 0 Å². The number of benzene rings is 2. The molecule has 0 N–H and O–H groups in total. The van der Waals surface area contributed by atoms with E-state index in [1.54, 1.807) is 0 Å². The summed E-state index contributed by atoms with van der Waals surface area (Å²) >= 11 is 0. The third kappa shape index (κ3) is 7.38. The molecule has 0 heterocycles. The predicted octanol–water partition coefficient (Wildman–Crippen LogP) is 9.67.